The first-order valence-electron chi connectivity index (χ1n) is 10.2. The van der Waals surface area contributed by atoms with Gasteiger partial charge in [0.15, 0.2) is 0 Å². The van der Waals surface area contributed by atoms with Crippen molar-refractivity contribution in [3.8, 4) is 0 Å². The Morgan fingerprint density at radius 2 is 1.69 bits per heavy atom. The monoisotopic (exact) mass is 453 g/mol. The zero-order valence-corrected chi connectivity index (χ0v) is 18.1. The van der Waals surface area contributed by atoms with Crippen molar-refractivity contribution >= 4 is 40.7 Å². The summed E-state index contributed by atoms with van der Waals surface area (Å²) in [4.78, 5) is 40.4. The van der Waals surface area contributed by atoms with Gasteiger partial charge in [0, 0.05) is 60.3 Å². The Bertz CT molecular complexity index is 1050. The van der Waals surface area contributed by atoms with Crippen molar-refractivity contribution in [1.29, 1.82) is 0 Å². The number of carbonyl (C=O) groups excluding carboxylic acids is 3. The van der Waals surface area contributed by atoms with E-state index in [-0.39, 0.29) is 24.1 Å². The number of nitrogens with zero attached hydrogens (tertiary/aromatic N) is 2. The van der Waals surface area contributed by atoms with Crippen LogP contribution in [0.15, 0.2) is 67.3 Å². The second kappa shape index (κ2) is 11.7. The molecule has 0 aliphatic heterocycles. The first-order chi connectivity index (χ1) is 15.5. The molecule has 0 unspecified atom stereocenters. The van der Waals surface area contributed by atoms with Gasteiger partial charge in [-0.05, 0) is 48.9 Å². The number of carbonyl (C=O) groups is 3. The molecule has 0 atom stereocenters. The number of imidazole rings is 1. The summed E-state index contributed by atoms with van der Waals surface area (Å²) in [5.41, 5.74) is 1.66. The van der Waals surface area contributed by atoms with Crippen LogP contribution in [0.4, 0.5) is 11.4 Å². The van der Waals surface area contributed by atoms with Gasteiger partial charge in [-0.2, -0.15) is 0 Å². The fourth-order valence-corrected chi connectivity index (χ4v) is 3.05. The number of rotatable bonds is 10. The number of nitrogens with one attached hydrogen (secondary N) is 3. The summed E-state index contributed by atoms with van der Waals surface area (Å²) in [5.74, 6) is -0.553. The number of hydrogen-bond acceptors (Lipinski definition) is 4. The molecule has 2 aromatic carbocycles. The minimum Gasteiger partial charge on any atom is -0.352 e. The molecule has 0 fully saturated rings. The van der Waals surface area contributed by atoms with E-state index < -0.39 is 0 Å². The molecule has 1 aromatic heterocycles. The highest BCUT2D eigenvalue weighted by molar-refractivity contribution is 6.30. The molecule has 8 nitrogen and oxygen atoms in total. The smallest absolute Gasteiger partial charge is 0.251 e. The van der Waals surface area contributed by atoms with Crippen LogP contribution in [0.3, 0.4) is 0 Å². The normalized spacial score (nSPS) is 10.4. The van der Waals surface area contributed by atoms with E-state index in [9.17, 15) is 14.4 Å². The van der Waals surface area contributed by atoms with Crippen LogP contribution in [0.2, 0.25) is 5.02 Å². The Labute approximate surface area is 191 Å². The Morgan fingerprint density at radius 1 is 0.938 bits per heavy atom. The number of benzene rings is 2. The number of hydrogen-bond donors (Lipinski definition) is 3. The fraction of sp³-hybridized carbons (Fsp3) is 0.217. The molecule has 0 spiro atoms. The molecule has 1 heterocycles. The van der Waals surface area contributed by atoms with Gasteiger partial charge in [0.1, 0.15) is 0 Å². The zero-order valence-electron chi connectivity index (χ0n) is 17.4. The molecule has 0 aliphatic carbocycles. The lowest BCUT2D eigenvalue weighted by Crippen LogP contribution is -2.25. The van der Waals surface area contributed by atoms with Gasteiger partial charge in [-0.3, -0.25) is 14.4 Å². The highest BCUT2D eigenvalue weighted by Gasteiger charge is 2.09. The van der Waals surface area contributed by atoms with Crippen LogP contribution in [0.25, 0.3) is 0 Å². The van der Waals surface area contributed by atoms with Gasteiger partial charge in [0.2, 0.25) is 11.8 Å². The average molecular weight is 454 g/mol. The van der Waals surface area contributed by atoms with E-state index in [4.69, 9.17) is 11.6 Å². The number of halogens is 1. The van der Waals surface area contributed by atoms with Crippen molar-refractivity contribution in [3.05, 3.63) is 77.8 Å². The lowest BCUT2D eigenvalue weighted by molar-refractivity contribution is -0.117. The summed E-state index contributed by atoms with van der Waals surface area (Å²) in [7, 11) is 0. The predicted octanol–water partition coefficient (Wildman–Crippen LogP) is 3.71. The van der Waals surface area contributed by atoms with E-state index in [0.29, 0.717) is 47.9 Å². The Hall–Kier alpha value is -3.65. The molecule has 0 saturated carbocycles. The molecule has 0 saturated heterocycles. The van der Waals surface area contributed by atoms with Gasteiger partial charge in [0.25, 0.3) is 5.91 Å². The maximum Gasteiger partial charge on any atom is 0.251 e. The Balaban J connectivity index is 1.38. The molecule has 32 heavy (non-hydrogen) atoms. The minimum absolute atomic E-state index is 0.137. The van der Waals surface area contributed by atoms with Crippen molar-refractivity contribution in [1.82, 2.24) is 14.9 Å². The SMILES string of the molecule is O=C(CCCNC(=O)c1cccc(NC(=O)CCn2ccnc2)c1)Nc1ccc(Cl)cc1. The lowest BCUT2D eigenvalue weighted by atomic mass is 10.1. The third-order valence-corrected chi connectivity index (χ3v) is 4.81. The number of anilines is 2. The first-order valence-corrected chi connectivity index (χ1v) is 10.6. The van der Waals surface area contributed by atoms with Crippen LogP contribution in [-0.4, -0.2) is 33.8 Å². The van der Waals surface area contributed by atoms with E-state index in [1.165, 1.54) is 0 Å². The van der Waals surface area contributed by atoms with E-state index in [2.05, 4.69) is 20.9 Å². The average Bonchev–Trinajstić information content (AvgIpc) is 3.31. The van der Waals surface area contributed by atoms with Crippen molar-refractivity contribution in [2.24, 2.45) is 0 Å². The quantitative estimate of drug-likeness (QED) is 0.407. The van der Waals surface area contributed by atoms with Crippen molar-refractivity contribution in [2.75, 3.05) is 17.2 Å². The molecular formula is C23H24ClN5O3. The van der Waals surface area contributed by atoms with E-state index in [0.717, 1.165) is 0 Å². The topological polar surface area (TPSA) is 105 Å². The van der Waals surface area contributed by atoms with Crippen LogP contribution >= 0.6 is 11.6 Å². The zero-order chi connectivity index (χ0) is 22.8. The van der Waals surface area contributed by atoms with Crippen LogP contribution < -0.4 is 16.0 Å². The molecule has 0 bridgehead atoms. The van der Waals surface area contributed by atoms with Gasteiger partial charge < -0.3 is 20.5 Å². The van der Waals surface area contributed by atoms with Crippen molar-refractivity contribution in [2.45, 2.75) is 25.8 Å². The molecular weight excluding hydrogens is 430 g/mol. The van der Waals surface area contributed by atoms with Crippen LogP contribution in [0.1, 0.15) is 29.6 Å². The van der Waals surface area contributed by atoms with E-state index in [1.54, 1.807) is 67.3 Å². The summed E-state index contributed by atoms with van der Waals surface area (Å²) in [6.07, 6.45) is 6.17. The summed E-state index contributed by atoms with van der Waals surface area (Å²) in [6, 6.07) is 13.6. The molecule has 166 valence electrons. The van der Waals surface area contributed by atoms with Crippen LogP contribution in [-0.2, 0) is 16.1 Å². The summed E-state index contributed by atoms with van der Waals surface area (Å²) >= 11 is 5.82. The molecule has 3 aromatic rings. The van der Waals surface area contributed by atoms with Crippen LogP contribution in [0.5, 0.6) is 0 Å². The highest BCUT2D eigenvalue weighted by atomic mass is 35.5. The first kappa shape index (κ1) is 23.0. The minimum atomic E-state index is -0.266. The van der Waals surface area contributed by atoms with E-state index in [1.807, 2.05) is 4.57 Å². The molecule has 3 rings (SSSR count). The summed E-state index contributed by atoms with van der Waals surface area (Å²) in [5, 5.41) is 8.96. The van der Waals surface area contributed by atoms with Gasteiger partial charge in [-0.25, -0.2) is 4.98 Å². The molecule has 3 amide bonds. The van der Waals surface area contributed by atoms with Gasteiger partial charge >= 0.3 is 0 Å². The fourth-order valence-electron chi connectivity index (χ4n) is 2.92. The van der Waals surface area contributed by atoms with Crippen molar-refractivity contribution in [3.63, 3.8) is 0 Å². The number of aryl methyl sites for hydroxylation is 1. The standard InChI is InChI=1S/C23H24ClN5O3/c24-18-6-8-19(9-7-18)27-21(30)5-2-11-26-23(32)17-3-1-4-20(15-17)28-22(31)10-13-29-14-12-25-16-29/h1,3-4,6-9,12,14-16H,2,5,10-11,13H2,(H,26,32)(H,27,30)(H,28,31). The molecule has 3 N–H and O–H groups in total. The van der Waals surface area contributed by atoms with E-state index >= 15 is 0 Å². The van der Waals surface area contributed by atoms with Gasteiger partial charge in [0.05, 0.1) is 6.33 Å². The molecule has 0 radical (unpaired) electrons. The van der Waals surface area contributed by atoms with Gasteiger partial charge in [-0.15, -0.1) is 0 Å². The number of amides is 3. The van der Waals surface area contributed by atoms with Crippen LogP contribution in [0, 0.1) is 0 Å². The number of aromatic nitrogens is 2. The predicted molar refractivity (Wildman–Crippen MR) is 124 cm³/mol. The van der Waals surface area contributed by atoms with Crippen molar-refractivity contribution < 1.29 is 14.4 Å². The Kier molecular flexibility index (Phi) is 8.39. The van der Waals surface area contributed by atoms with Gasteiger partial charge in [-0.1, -0.05) is 17.7 Å². The molecule has 9 heteroatoms. The largest absolute Gasteiger partial charge is 0.352 e. The second-order valence-corrected chi connectivity index (χ2v) is 7.53. The summed E-state index contributed by atoms with van der Waals surface area (Å²) < 4.78 is 1.82. The highest BCUT2D eigenvalue weighted by Crippen LogP contribution is 2.14. The maximum absolute atomic E-state index is 12.4. The molecule has 0 aliphatic rings. The summed E-state index contributed by atoms with van der Waals surface area (Å²) in [6.45, 7) is 0.881. The second-order valence-electron chi connectivity index (χ2n) is 7.09. The Morgan fingerprint density at radius 3 is 2.44 bits per heavy atom. The third kappa shape index (κ3) is 7.55. The third-order valence-electron chi connectivity index (χ3n) is 4.56. The maximum atomic E-state index is 12.4. The lowest BCUT2D eigenvalue weighted by Gasteiger charge is -2.09.